The topological polar surface area (TPSA) is 86.8 Å². The fourth-order valence-electron chi connectivity index (χ4n) is 2.98. The lowest BCUT2D eigenvalue weighted by atomic mass is 10.1. The fraction of sp³-hybridized carbons (Fsp3) is 0.333. The summed E-state index contributed by atoms with van der Waals surface area (Å²) in [5.41, 5.74) is 0.942. The molecule has 1 aliphatic heterocycles. The first-order chi connectivity index (χ1) is 13.3. The molecule has 0 atom stereocenters. The molecule has 2 heterocycles. The van der Waals surface area contributed by atoms with Gasteiger partial charge in [0.15, 0.2) is 5.78 Å². The molecular formula is C18H20ClN3O4S2. The average Bonchev–Trinajstić information content (AvgIpc) is 3.09. The van der Waals surface area contributed by atoms with Gasteiger partial charge in [-0.1, -0.05) is 23.7 Å². The van der Waals surface area contributed by atoms with Crippen molar-refractivity contribution < 1.29 is 18.0 Å². The Balaban J connectivity index is 1.56. The van der Waals surface area contributed by atoms with Crippen LogP contribution in [0, 0.1) is 0 Å². The van der Waals surface area contributed by atoms with E-state index in [1.54, 1.807) is 30.3 Å². The second-order valence-corrected chi connectivity index (χ2v) is 10.3. The van der Waals surface area contributed by atoms with Crippen molar-refractivity contribution in [2.45, 2.75) is 11.1 Å². The maximum Gasteiger partial charge on any atom is 0.252 e. The standard InChI is InChI=1S/C18H20ClN3O4S2/c1-13(23)14-4-2-3-5-15(14)20-17(24)12-21-8-10-22(11-9-21)28(25,26)18-7-6-16(19)27-18/h2-7H,8-12H2,1H3,(H,20,24). The number of halogens is 1. The number of sulfonamides is 1. The van der Waals surface area contributed by atoms with Gasteiger partial charge < -0.3 is 5.32 Å². The lowest BCUT2D eigenvalue weighted by Crippen LogP contribution is -2.50. The highest BCUT2D eigenvalue weighted by Gasteiger charge is 2.30. The second-order valence-electron chi connectivity index (χ2n) is 6.39. The van der Waals surface area contributed by atoms with E-state index in [-0.39, 0.29) is 22.4 Å². The van der Waals surface area contributed by atoms with Gasteiger partial charge in [-0.15, -0.1) is 11.3 Å². The summed E-state index contributed by atoms with van der Waals surface area (Å²) in [6.07, 6.45) is 0. The van der Waals surface area contributed by atoms with E-state index in [1.165, 1.54) is 17.3 Å². The summed E-state index contributed by atoms with van der Waals surface area (Å²) in [6, 6.07) is 9.92. The third-order valence-corrected chi connectivity index (χ3v) is 8.02. The summed E-state index contributed by atoms with van der Waals surface area (Å²) in [7, 11) is -3.55. The van der Waals surface area contributed by atoms with Crippen LogP contribution in [0.2, 0.25) is 4.34 Å². The van der Waals surface area contributed by atoms with E-state index in [0.29, 0.717) is 41.8 Å². The fourth-order valence-corrected chi connectivity index (χ4v) is 6.04. The first-order valence-electron chi connectivity index (χ1n) is 8.65. The molecular weight excluding hydrogens is 422 g/mol. The van der Waals surface area contributed by atoms with E-state index in [9.17, 15) is 18.0 Å². The number of benzene rings is 1. The Morgan fingerprint density at radius 1 is 1.11 bits per heavy atom. The zero-order chi connectivity index (χ0) is 20.3. The van der Waals surface area contributed by atoms with Gasteiger partial charge in [0, 0.05) is 31.7 Å². The Labute approximate surface area is 172 Å². The first kappa shape index (κ1) is 20.9. The van der Waals surface area contributed by atoms with Crippen molar-refractivity contribution in [3.8, 4) is 0 Å². The Hall–Kier alpha value is -1.78. The molecule has 1 saturated heterocycles. The second kappa shape index (κ2) is 8.71. The number of hydrogen-bond acceptors (Lipinski definition) is 6. The molecule has 1 N–H and O–H groups in total. The highest BCUT2D eigenvalue weighted by atomic mass is 35.5. The van der Waals surface area contributed by atoms with Crippen LogP contribution in [0.3, 0.4) is 0 Å². The van der Waals surface area contributed by atoms with Crippen LogP contribution in [0.15, 0.2) is 40.6 Å². The molecule has 2 aromatic rings. The molecule has 1 aromatic carbocycles. The van der Waals surface area contributed by atoms with Crippen molar-refractivity contribution in [2.24, 2.45) is 0 Å². The first-order valence-corrected chi connectivity index (χ1v) is 11.3. The van der Waals surface area contributed by atoms with Crippen LogP contribution in [-0.2, 0) is 14.8 Å². The number of rotatable bonds is 6. The van der Waals surface area contributed by atoms with Gasteiger partial charge in [-0.3, -0.25) is 14.5 Å². The zero-order valence-electron chi connectivity index (χ0n) is 15.2. The number of carbonyl (C=O) groups is 2. The Kier molecular flexibility index (Phi) is 6.51. The van der Waals surface area contributed by atoms with E-state index < -0.39 is 10.0 Å². The highest BCUT2D eigenvalue weighted by molar-refractivity contribution is 7.91. The van der Waals surface area contributed by atoms with Crippen LogP contribution in [0.1, 0.15) is 17.3 Å². The highest BCUT2D eigenvalue weighted by Crippen LogP contribution is 2.28. The number of piperazine rings is 1. The van der Waals surface area contributed by atoms with Gasteiger partial charge in [-0.05, 0) is 31.2 Å². The summed E-state index contributed by atoms with van der Waals surface area (Å²) in [5.74, 6) is -0.363. The molecule has 7 nitrogen and oxygen atoms in total. The minimum Gasteiger partial charge on any atom is -0.324 e. The predicted molar refractivity (Wildman–Crippen MR) is 110 cm³/mol. The van der Waals surface area contributed by atoms with E-state index in [4.69, 9.17) is 11.6 Å². The molecule has 0 saturated carbocycles. The zero-order valence-corrected chi connectivity index (χ0v) is 17.6. The number of Topliss-reactive ketones (excluding diaryl/α,β-unsaturated/α-hetero) is 1. The van der Waals surface area contributed by atoms with Crippen LogP contribution >= 0.6 is 22.9 Å². The van der Waals surface area contributed by atoms with Crippen LogP contribution in [0.25, 0.3) is 0 Å². The quantitative estimate of drug-likeness (QED) is 0.696. The number of ketones is 1. The number of nitrogens with zero attached hydrogens (tertiary/aromatic N) is 2. The normalized spacial score (nSPS) is 16.1. The molecule has 10 heteroatoms. The van der Waals surface area contributed by atoms with Crippen molar-refractivity contribution >= 4 is 50.3 Å². The predicted octanol–water partition coefficient (Wildman–Crippen LogP) is 2.55. The Bertz CT molecular complexity index is 982. The number of carbonyl (C=O) groups excluding carboxylic acids is 2. The maximum atomic E-state index is 12.6. The summed E-state index contributed by atoms with van der Waals surface area (Å²) in [5, 5.41) is 2.76. The van der Waals surface area contributed by atoms with Gasteiger partial charge in [0.25, 0.3) is 10.0 Å². The Morgan fingerprint density at radius 2 is 1.79 bits per heavy atom. The summed E-state index contributed by atoms with van der Waals surface area (Å²) >= 11 is 6.88. The molecule has 0 unspecified atom stereocenters. The number of hydrogen-bond donors (Lipinski definition) is 1. The van der Waals surface area contributed by atoms with E-state index in [1.807, 2.05) is 4.90 Å². The molecule has 0 spiro atoms. The van der Waals surface area contributed by atoms with Crippen LogP contribution in [0.4, 0.5) is 5.69 Å². The van der Waals surface area contributed by atoms with Crippen LogP contribution in [-0.4, -0.2) is 62.0 Å². The summed E-state index contributed by atoms with van der Waals surface area (Å²) in [4.78, 5) is 25.9. The van der Waals surface area contributed by atoms with Gasteiger partial charge >= 0.3 is 0 Å². The lowest BCUT2D eigenvalue weighted by Gasteiger charge is -2.33. The molecule has 28 heavy (non-hydrogen) atoms. The summed E-state index contributed by atoms with van der Waals surface area (Å²) in [6.45, 7) is 3.07. The molecule has 0 bridgehead atoms. The molecule has 0 radical (unpaired) electrons. The van der Waals surface area contributed by atoms with Gasteiger partial charge in [0.05, 0.1) is 16.6 Å². The largest absolute Gasteiger partial charge is 0.324 e. The lowest BCUT2D eigenvalue weighted by molar-refractivity contribution is -0.117. The van der Waals surface area contributed by atoms with Crippen LogP contribution in [0.5, 0.6) is 0 Å². The molecule has 0 aliphatic carbocycles. The number of para-hydroxylation sites is 1. The van der Waals surface area contributed by atoms with Crippen molar-refractivity contribution in [2.75, 3.05) is 38.0 Å². The molecule has 1 aromatic heterocycles. The molecule has 1 fully saturated rings. The van der Waals surface area contributed by atoms with Gasteiger partial charge in [-0.2, -0.15) is 4.31 Å². The molecule has 1 amide bonds. The van der Waals surface area contributed by atoms with Crippen LogP contribution < -0.4 is 5.32 Å². The van der Waals surface area contributed by atoms with E-state index in [0.717, 1.165) is 11.3 Å². The van der Waals surface area contributed by atoms with E-state index >= 15 is 0 Å². The number of anilines is 1. The molecule has 1 aliphatic rings. The summed E-state index contributed by atoms with van der Waals surface area (Å²) < 4.78 is 27.3. The van der Waals surface area contributed by atoms with Crippen molar-refractivity contribution in [1.82, 2.24) is 9.21 Å². The third-order valence-electron chi connectivity index (χ3n) is 4.42. The SMILES string of the molecule is CC(=O)c1ccccc1NC(=O)CN1CCN(S(=O)(=O)c2ccc(Cl)s2)CC1. The van der Waals surface area contributed by atoms with Gasteiger partial charge in [0.1, 0.15) is 4.21 Å². The average molecular weight is 442 g/mol. The third kappa shape index (κ3) is 4.79. The van der Waals surface area contributed by atoms with E-state index in [2.05, 4.69) is 5.32 Å². The number of thiophene rings is 1. The number of nitrogens with one attached hydrogen (secondary N) is 1. The maximum absolute atomic E-state index is 12.6. The molecule has 150 valence electrons. The van der Waals surface area contributed by atoms with Crippen molar-refractivity contribution in [3.63, 3.8) is 0 Å². The molecule has 3 rings (SSSR count). The minimum absolute atomic E-state index is 0.122. The van der Waals surface area contributed by atoms with Gasteiger partial charge in [0.2, 0.25) is 5.91 Å². The van der Waals surface area contributed by atoms with Crippen molar-refractivity contribution in [3.05, 3.63) is 46.3 Å². The monoisotopic (exact) mass is 441 g/mol. The minimum atomic E-state index is -3.55. The Morgan fingerprint density at radius 3 is 2.39 bits per heavy atom. The van der Waals surface area contributed by atoms with Crippen molar-refractivity contribution in [1.29, 1.82) is 0 Å². The number of amides is 1. The smallest absolute Gasteiger partial charge is 0.252 e. The van der Waals surface area contributed by atoms with Gasteiger partial charge in [-0.25, -0.2) is 8.42 Å².